The Labute approximate surface area is 178 Å². The van der Waals surface area contributed by atoms with Crippen molar-refractivity contribution in [2.75, 3.05) is 16.3 Å². The van der Waals surface area contributed by atoms with Crippen molar-refractivity contribution >= 4 is 67.8 Å². The minimum absolute atomic E-state index is 0.197. The lowest BCUT2D eigenvalue weighted by molar-refractivity contribution is -0.121. The van der Waals surface area contributed by atoms with Crippen LogP contribution in [0.4, 0.5) is 11.4 Å². The minimum Gasteiger partial charge on any atom is -0.331 e. The van der Waals surface area contributed by atoms with Gasteiger partial charge in [-0.05, 0) is 54.5 Å². The number of nitrogens with one attached hydrogen (secondary N) is 4. The molecule has 11 heteroatoms. The fourth-order valence-electron chi connectivity index (χ4n) is 2.14. The first kappa shape index (κ1) is 22.2. The molecule has 0 radical (unpaired) electrons. The van der Waals surface area contributed by atoms with Gasteiger partial charge in [0.15, 0.2) is 5.11 Å². The molecule has 0 aliphatic rings. The Kier molecular flexibility index (Phi) is 7.88. The maximum absolute atomic E-state index is 11.9. The number of anilines is 2. The van der Waals surface area contributed by atoms with Crippen molar-refractivity contribution in [1.82, 2.24) is 10.9 Å². The predicted molar refractivity (Wildman–Crippen MR) is 117 cm³/mol. The summed E-state index contributed by atoms with van der Waals surface area (Å²) in [5.74, 6) is -0.253. The van der Waals surface area contributed by atoms with Gasteiger partial charge in [0.25, 0.3) is 0 Å². The highest BCUT2D eigenvalue weighted by molar-refractivity contribution is 7.92. The van der Waals surface area contributed by atoms with E-state index in [1.165, 1.54) is 0 Å². The number of thiocarbonyl (C=S) groups is 1. The van der Waals surface area contributed by atoms with Gasteiger partial charge in [-0.1, -0.05) is 35.3 Å². The first-order chi connectivity index (χ1) is 13.1. The summed E-state index contributed by atoms with van der Waals surface area (Å²) >= 11 is 16.9. The number of rotatable bonds is 6. The highest BCUT2D eigenvalue weighted by Crippen LogP contribution is 2.24. The number of sulfonamides is 1. The molecule has 0 aliphatic heterocycles. The molecule has 0 atom stereocenters. The summed E-state index contributed by atoms with van der Waals surface area (Å²) in [4.78, 5) is 11.9. The third kappa shape index (κ3) is 7.89. The van der Waals surface area contributed by atoms with Crippen molar-refractivity contribution in [3.8, 4) is 0 Å². The molecule has 0 heterocycles. The lowest BCUT2D eigenvalue weighted by atomic mass is 10.1. The Balaban J connectivity index is 1.74. The fraction of sp³-hybridized carbons (Fsp3) is 0.176. The summed E-state index contributed by atoms with van der Waals surface area (Å²) in [5.41, 5.74) is 7.09. The van der Waals surface area contributed by atoms with Gasteiger partial charge >= 0.3 is 0 Å². The van der Waals surface area contributed by atoms with E-state index in [-0.39, 0.29) is 17.4 Å². The Hall–Kier alpha value is -2.07. The van der Waals surface area contributed by atoms with Crippen LogP contribution in [0.2, 0.25) is 10.0 Å². The Morgan fingerprint density at radius 1 is 1.00 bits per heavy atom. The van der Waals surface area contributed by atoms with Crippen LogP contribution in [0.5, 0.6) is 0 Å². The lowest BCUT2D eigenvalue weighted by Gasteiger charge is -2.12. The zero-order chi connectivity index (χ0) is 20.7. The van der Waals surface area contributed by atoms with Crippen LogP contribution < -0.4 is 20.9 Å². The summed E-state index contributed by atoms with van der Waals surface area (Å²) in [7, 11) is -3.31. The van der Waals surface area contributed by atoms with Crippen LogP contribution in [-0.2, 0) is 21.2 Å². The number of carbonyl (C=O) groups excluding carboxylic acids is 1. The molecule has 0 spiro atoms. The number of halogens is 2. The van der Waals surface area contributed by atoms with Crippen molar-refractivity contribution in [2.24, 2.45) is 0 Å². The first-order valence-electron chi connectivity index (χ1n) is 8.00. The zero-order valence-electron chi connectivity index (χ0n) is 14.8. The van der Waals surface area contributed by atoms with Gasteiger partial charge in [-0.2, -0.15) is 0 Å². The van der Waals surface area contributed by atoms with Crippen LogP contribution in [0, 0.1) is 0 Å². The topological polar surface area (TPSA) is 99.3 Å². The Morgan fingerprint density at radius 2 is 1.64 bits per heavy atom. The molecule has 0 bridgehead atoms. The standard InChI is InChI=1S/C17H18Cl2N4O3S2/c1-28(25,26)23-12-5-2-11(3-6-12)4-9-16(24)21-22-17(27)20-13-7-8-14(18)15(19)10-13/h2-3,5-8,10,23H,4,9H2,1H3,(H,21,24)(H2,20,22,27). The lowest BCUT2D eigenvalue weighted by Crippen LogP contribution is -2.43. The molecule has 4 N–H and O–H groups in total. The van der Waals surface area contributed by atoms with E-state index < -0.39 is 10.0 Å². The third-order valence-electron chi connectivity index (χ3n) is 3.39. The molecule has 0 saturated heterocycles. The van der Waals surface area contributed by atoms with E-state index in [0.29, 0.717) is 27.8 Å². The summed E-state index contributed by atoms with van der Waals surface area (Å²) in [6.45, 7) is 0. The van der Waals surface area contributed by atoms with E-state index in [2.05, 4.69) is 20.9 Å². The molecule has 7 nitrogen and oxygen atoms in total. The Bertz CT molecular complexity index is 967. The van der Waals surface area contributed by atoms with E-state index in [0.717, 1.165) is 11.8 Å². The largest absolute Gasteiger partial charge is 0.331 e. The predicted octanol–water partition coefficient (Wildman–Crippen LogP) is 3.32. The molecule has 2 rings (SSSR count). The molecule has 0 unspecified atom stereocenters. The highest BCUT2D eigenvalue weighted by Gasteiger charge is 2.06. The number of hydrogen-bond acceptors (Lipinski definition) is 4. The summed E-state index contributed by atoms with van der Waals surface area (Å²) in [5, 5.41) is 3.88. The molecular weight excluding hydrogens is 443 g/mol. The molecule has 0 saturated carbocycles. The summed E-state index contributed by atoms with van der Waals surface area (Å²) in [6, 6.07) is 11.7. The average Bonchev–Trinajstić information content (AvgIpc) is 2.61. The van der Waals surface area contributed by atoms with E-state index in [1.54, 1.807) is 42.5 Å². The highest BCUT2D eigenvalue weighted by atomic mass is 35.5. The van der Waals surface area contributed by atoms with Gasteiger partial charge in [0.1, 0.15) is 0 Å². The van der Waals surface area contributed by atoms with Gasteiger partial charge < -0.3 is 5.32 Å². The second-order valence-electron chi connectivity index (χ2n) is 5.83. The van der Waals surface area contributed by atoms with Gasteiger partial charge in [0.05, 0.1) is 16.3 Å². The maximum atomic E-state index is 11.9. The third-order valence-corrected chi connectivity index (χ3v) is 4.94. The van der Waals surface area contributed by atoms with Crippen LogP contribution >= 0.6 is 35.4 Å². The molecule has 2 aromatic rings. The van der Waals surface area contributed by atoms with Gasteiger partial charge in [-0.15, -0.1) is 0 Å². The molecule has 1 amide bonds. The van der Waals surface area contributed by atoms with E-state index in [1.807, 2.05) is 0 Å². The van der Waals surface area contributed by atoms with Crippen molar-refractivity contribution < 1.29 is 13.2 Å². The molecule has 150 valence electrons. The summed E-state index contributed by atoms with van der Waals surface area (Å²) < 4.78 is 24.7. The zero-order valence-corrected chi connectivity index (χ0v) is 17.9. The number of benzene rings is 2. The SMILES string of the molecule is CS(=O)(=O)Nc1ccc(CCC(=O)NNC(=S)Nc2ccc(Cl)c(Cl)c2)cc1. The number of amides is 1. The normalized spacial score (nSPS) is 10.8. The average molecular weight is 461 g/mol. The van der Waals surface area contributed by atoms with Crippen molar-refractivity contribution in [1.29, 1.82) is 0 Å². The van der Waals surface area contributed by atoms with Gasteiger partial charge in [-0.25, -0.2) is 8.42 Å². The second-order valence-corrected chi connectivity index (χ2v) is 8.80. The van der Waals surface area contributed by atoms with Gasteiger partial charge in [0.2, 0.25) is 15.9 Å². The first-order valence-corrected chi connectivity index (χ1v) is 11.1. The van der Waals surface area contributed by atoms with Gasteiger partial charge in [0, 0.05) is 17.8 Å². The number of hydrogen-bond donors (Lipinski definition) is 4. The number of carbonyl (C=O) groups is 1. The molecule has 2 aromatic carbocycles. The molecule has 0 aliphatic carbocycles. The number of hydrazine groups is 1. The maximum Gasteiger partial charge on any atom is 0.238 e. The van der Waals surface area contributed by atoms with Crippen LogP contribution in [0.3, 0.4) is 0 Å². The van der Waals surface area contributed by atoms with Gasteiger partial charge in [-0.3, -0.25) is 20.4 Å². The Morgan fingerprint density at radius 3 is 2.25 bits per heavy atom. The number of aryl methyl sites for hydroxylation is 1. The van der Waals surface area contributed by atoms with Crippen LogP contribution in [-0.4, -0.2) is 25.7 Å². The smallest absolute Gasteiger partial charge is 0.238 e. The van der Waals surface area contributed by atoms with Crippen LogP contribution in [0.1, 0.15) is 12.0 Å². The summed E-state index contributed by atoms with van der Waals surface area (Å²) in [6.07, 6.45) is 1.79. The second kappa shape index (κ2) is 9.92. The van der Waals surface area contributed by atoms with E-state index in [4.69, 9.17) is 35.4 Å². The van der Waals surface area contributed by atoms with Crippen molar-refractivity contribution in [3.05, 3.63) is 58.1 Å². The quantitative estimate of drug-likeness (QED) is 0.389. The monoisotopic (exact) mass is 460 g/mol. The van der Waals surface area contributed by atoms with E-state index in [9.17, 15) is 13.2 Å². The molecule has 28 heavy (non-hydrogen) atoms. The molecule has 0 aromatic heterocycles. The minimum atomic E-state index is -3.31. The van der Waals surface area contributed by atoms with Crippen LogP contribution in [0.15, 0.2) is 42.5 Å². The van der Waals surface area contributed by atoms with Crippen molar-refractivity contribution in [3.63, 3.8) is 0 Å². The fourth-order valence-corrected chi connectivity index (χ4v) is 3.17. The molecule has 0 fully saturated rings. The van der Waals surface area contributed by atoms with Crippen LogP contribution in [0.25, 0.3) is 0 Å². The molecular formula is C17H18Cl2N4O3S2. The van der Waals surface area contributed by atoms with Crippen molar-refractivity contribution in [2.45, 2.75) is 12.8 Å². The van der Waals surface area contributed by atoms with E-state index >= 15 is 0 Å².